The first-order valence-corrected chi connectivity index (χ1v) is 10.2. The zero-order valence-corrected chi connectivity index (χ0v) is 16.2. The maximum absolute atomic E-state index is 12.4. The molecule has 2 amide bonds. The third-order valence-electron chi connectivity index (χ3n) is 5.02. The van der Waals surface area contributed by atoms with Gasteiger partial charge in [0.05, 0.1) is 10.2 Å². The molecular weight excluding hydrogens is 332 g/mol. The van der Waals surface area contributed by atoms with Gasteiger partial charge in [0.1, 0.15) is 0 Å². The molecule has 2 heterocycles. The molecule has 1 N–H and O–H groups in total. The molecule has 136 valence electrons. The van der Waals surface area contributed by atoms with Crippen molar-refractivity contribution in [2.75, 3.05) is 31.1 Å². The average Bonchev–Trinajstić information content (AvgIpc) is 3.10. The molecule has 5 nitrogen and oxygen atoms in total. The van der Waals surface area contributed by atoms with E-state index in [0.29, 0.717) is 0 Å². The highest BCUT2D eigenvalue weighted by atomic mass is 32.1. The molecule has 6 heteroatoms. The summed E-state index contributed by atoms with van der Waals surface area (Å²) in [4.78, 5) is 21.5. The summed E-state index contributed by atoms with van der Waals surface area (Å²) in [6, 6.07) is 6.78. The van der Waals surface area contributed by atoms with Gasteiger partial charge in [-0.2, -0.15) is 0 Å². The van der Waals surface area contributed by atoms with E-state index in [0.717, 1.165) is 56.1 Å². The predicted molar refractivity (Wildman–Crippen MR) is 106 cm³/mol. The highest BCUT2D eigenvalue weighted by Gasteiger charge is 2.24. The molecule has 0 radical (unpaired) electrons. The van der Waals surface area contributed by atoms with Crippen LogP contribution in [-0.4, -0.2) is 48.1 Å². The molecule has 1 aliphatic heterocycles. The lowest BCUT2D eigenvalue weighted by atomic mass is 10.1. The van der Waals surface area contributed by atoms with Gasteiger partial charge in [0.15, 0.2) is 5.13 Å². The maximum Gasteiger partial charge on any atom is 0.317 e. The van der Waals surface area contributed by atoms with Crippen LogP contribution in [0.4, 0.5) is 9.93 Å². The molecule has 2 aromatic rings. The molecule has 1 aliphatic rings. The lowest BCUT2D eigenvalue weighted by Crippen LogP contribution is -2.53. The summed E-state index contributed by atoms with van der Waals surface area (Å²) < 4.78 is 1.25. The van der Waals surface area contributed by atoms with Gasteiger partial charge in [0, 0.05) is 32.2 Å². The first-order chi connectivity index (χ1) is 12.2. The standard InChI is InChI=1S/C19H28N4OS/c1-4-14-8-7-9-16-17(14)21-19(25-16)23-12-10-22(11-13-23)18(24)20-15(5-2)6-3/h7-9,15H,4-6,10-13H2,1-3H3,(H,20,24). The minimum atomic E-state index is 0.0749. The van der Waals surface area contributed by atoms with Gasteiger partial charge in [0.25, 0.3) is 0 Å². The Balaban J connectivity index is 1.63. The van der Waals surface area contributed by atoms with E-state index in [9.17, 15) is 4.79 Å². The number of carbonyl (C=O) groups excluding carboxylic acids is 1. The summed E-state index contributed by atoms with van der Waals surface area (Å²) in [7, 11) is 0. The maximum atomic E-state index is 12.4. The van der Waals surface area contributed by atoms with Crippen LogP contribution in [0.5, 0.6) is 0 Å². The van der Waals surface area contributed by atoms with E-state index in [1.807, 2.05) is 4.90 Å². The van der Waals surface area contributed by atoms with Gasteiger partial charge < -0.3 is 15.1 Å². The number of aromatic nitrogens is 1. The normalized spacial score (nSPS) is 15.2. The first kappa shape index (κ1) is 18.0. The lowest BCUT2D eigenvalue weighted by molar-refractivity contribution is 0.189. The van der Waals surface area contributed by atoms with Crippen molar-refractivity contribution < 1.29 is 4.79 Å². The second kappa shape index (κ2) is 8.04. The number of aryl methyl sites for hydroxylation is 1. The number of rotatable bonds is 5. The second-order valence-corrected chi connectivity index (χ2v) is 7.56. The summed E-state index contributed by atoms with van der Waals surface area (Å²) in [6.45, 7) is 9.60. The van der Waals surface area contributed by atoms with Gasteiger partial charge in [-0.05, 0) is 30.9 Å². The Labute approximate surface area is 154 Å². The van der Waals surface area contributed by atoms with Crippen LogP contribution in [0.1, 0.15) is 39.2 Å². The zero-order chi connectivity index (χ0) is 17.8. The highest BCUT2D eigenvalue weighted by Crippen LogP contribution is 2.31. The van der Waals surface area contributed by atoms with E-state index in [4.69, 9.17) is 4.98 Å². The number of nitrogens with zero attached hydrogens (tertiary/aromatic N) is 3. The molecule has 0 atom stereocenters. The Bertz CT molecular complexity index is 717. The van der Waals surface area contributed by atoms with E-state index in [1.54, 1.807) is 11.3 Å². The third-order valence-corrected chi connectivity index (χ3v) is 6.10. The van der Waals surface area contributed by atoms with E-state index in [2.05, 4.69) is 49.2 Å². The Morgan fingerprint density at radius 1 is 1.20 bits per heavy atom. The number of piperazine rings is 1. The number of nitrogens with one attached hydrogen (secondary N) is 1. The quantitative estimate of drug-likeness (QED) is 0.880. The summed E-state index contributed by atoms with van der Waals surface area (Å²) in [5.74, 6) is 0. The number of amides is 2. The molecule has 0 saturated carbocycles. The van der Waals surface area contributed by atoms with Crippen LogP contribution in [-0.2, 0) is 6.42 Å². The Morgan fingerprint density at radius 3 is 2.56 bits per heavy atom. The van der Waals surface area contributed by atoms with E-state index >= 15 is 0 Å². The number of hydrogen-bond donors (Lipinski definition) is 1. The number of fused-ring (bicyclic) bond motifs is 1. The van der Waals surface area contributed by atoms with Gasteiger partial charge in [-0.1, -0.05) is 44.2 Å². The average molecular weight is 361 g/mol. The van der Waals surface area contributed by atoms with Crippen molar-refractivity contribution in [3.63, 3.8) is 0 Å². The number of anilines is 1. The third kappa shape index (κ3) is 3.89. The Kier molecular flexibility index (Phi) is 5.78. The van der Waals surface area contributed by atoms with Crippen molar-refractivity contribution in [2.45, 2.75) is 46.1 Å². The van der Waals surface area contributed by atoms with Crippen LogP contribution in [0.15, 0.2) is 18.2 Å². The fourth-order valence-corrected chi connectivity index (χ4v) is 4.34. The Hall–Kier alpha value is -1.82. The van der Waals surface area contributed by atoms with Crippen molar-refractivity contribution in [3.05, 3.63) is 23.8 Å². The van der Waals surface area contributed by atoms with E-state index in [-0.39, 0.29) is 12.1 Å². The Morgan fingerprint density at radius 2 is 1.92 bits per heavy atom. The second-order valence-electron chi connectivity index (χ2n) is 6.55. The van der Waals surface area contributed by atoms with Crippen molar-refractivity contribution >= 4 is 32.7 Å². The molecule has 1 aromatic carbocycles. The summed E-state index contributed by atoms with van der Waals surface area (Å²) in [5.41, 5.74) is 2.45. The summed E-state index contributed by atoms with van der Waals surface area (Å²) in [5, 5.41) is 4.21. The molecule has 0 bridgehead atoms. The van der Waals surface area contributed by atoms with Crippen molar-refractivity contribution in [2.24, 2.45) is 0 Å². The molecule has 1 aromatic heterocycles. The van der Waals surface area contributed by atoms with Gasteiger partial charge >= 0.3 is 6.03 Å². The van der Waals surface area contributed by atoms with E-state index < -0.39 is 0 Å². The van der Waals surface area contributed by atoms with Crippen LogP contribution >= 0.6 is 11.3 Å². The van der Waals surface area contributed by atoms with Gasteiger partial charge in [-0.25, -0.2) is 9.78 Å². The largest absolute Gasteiger partial charge is 0.345 e. The molecule has 3 rings (SSSR count). The van der Waals surface area contributed by atoms with Gasteiger partial charge in [-0.3, -0.25) is 0 Å². The van der Waals surface area contributed by atoms with Gasteiger partial charge in [0.2, 0.25) is 0 Å². The van der Waals surface area contributed by atoms with Crippen molar-refractivity contribution in [3.8, 4) is 0 Å². The smallest absolute Gasteiger partial charge is 0.317 e. The zero-order valence-electron chi connectivity index (χ0n) is 15.4. The molecule has 0 aliphatic carbocycles. The topological polar surface area (TPSA) is 48.5 Å². The minimum absolute atomic E-state index is 0.0749. The highest BCUT2D eigenvalue weighted by molar-refractivity contribution is 7.22. The monoisotopic (exact) mass is 360 g/mol. The number of para-hydroxylation sites is 1. The van der Waals surface area contributed by atoms with Crippen LogP contribution in [0, 0.1) is 0 Å². The number of urea groups is 1. The van der Waals surface area contributed by atoms with E-state index in [1.165, 1.54) is 10.3 Å². The number of thiazole rings is 1. The minimum Gasteiger partial charge on any atom is -0.345 e. The predicted octanol–water partition coefficient (Wildman–Crippen LogP) is 3.88. The molecular formula is C19H28N4OS. The fourth-order valence-electron chi connectivity index (χ4n) is 3.27. The molecule has 0 spiro atoms. The van der Waals surface area contributed by atoms with Crippen LogP contribution < -0.4 is 10.2 Å². The molecule has 0 unspecified atom stereocenters. The van der Waals surface area contributed by atoms with Crippen LogP contribution in [0.3, 0.4) is 0 Å². The summed E-state index contributed by atoms with van der Waals surface area (Å²) in [6.07, 6.45) is 2.96. The number of carbonyl (C=O) groups is 1. The van der Waals surface area contributed by atoms with Crippen molar-refractivity contribution in [1.82, 2.24) is 15.2 Å². The SMILES string of the molecule is CCc1cccc2sc(N3CCN(C(=O)NC(CC)CC)CC3)nc12. The molecule has 25 heavy (non-hydrogen) atoms. The molecule has 1 saturated heterocycles. The number of benzene rings is 1. The first-order valence-electron chi connectivity index (χ1n) is 9.35. The van der Waals surface area contributed by atoms with Crippen LogP contribution in [0.25, 0.3) is 10.2 Å². The number of hydrogen-bond acceptors (Lipinski definition) is 4. The van der Waals surface area contributed by atoms with Crippen LogP contribution in [0.2, 0.25) is 0 Å². The lowest BCUT2D eigenvalue weighted by Gasteiger charge is -2.35. The molecule has 1 fully saturated rings. The summed E-state index contributed by atoms with van der Waals surface area (Å²) >= 11 is 1.76. The van der Waals surface area contributed by atoms with Crippen molar-refractivity contribution in [1.29, 1.82) is 0 Å². The fraction of sp³-hybridized carbons (Fsp3) is 0.579. The van der Waals surface area contributed by atoms with Gasteiger partial charge in [-0.15, -0.1) is 0 Å².